The van der Waals surface area contributed by atoms with Gasteiger partial charge in [-0.2, -0.15) is 0 Å². The molecule has 0 amide bonds. The summed E-state index contributed by atoms with van der Waals surface area (Å²) in [6.45, 7) is 12.8. The largest absolute Gasteiger partial charge is 0.445 e. The van der Waals surface area contributed by atoms with Crippen molar-refractivity contribution in [1.82, 2.24) is 0 Å². The summed E-state index contributed by atoms with van der Waals surface area (Å²) >= 11 is 5.85. The van der Waals surface area contributed by atoms with Crippen LogP contribution in [0.4, 0.5) is 4.79 Å². The summed E-state index contributed by atoms with van der Waals surface area (Å²) < 4.78 is 6.09. The number of benzene rings is 2. The van der Waals surface area contributed by atoms with E-state index in [2.05, 4.69) is 90.1 Å². The highest BCUT2D eigenvalue weighted by atomic mass is 35.5. The summed E-state index contributed by atoms with van der Waals surface area (Å²) in [5.41, 5.74) is 2.54. The van der Waals surface area contributed by atoms with E-state index in [1.807, 2.05) is 0 Å². The summed E-state index contributed by atoms with van der Waals surface area (Å²) in [5, 5.41) is 0. The Morgan fingerprint density at radius 1 is 0.808 bits per heavy atom. The number of carbonyl (C=O) groups is 1. The Labute approximate surface area is 161 Å². The highest BCUT2D eigenvalue weighted by Crippen LogP contribution is 2.61. The van der Waals surface area contributed by atoms with Crippen LogP contribution in [0.2, 0.25) is 0 Å². The highest BCUT2D eigenvalue weighted by molar-refractivity contribution is 6.61. The lowest BCUT2D eigenvalue weighted by molar-refractivity contribution is -0.143. The third-order valence-electron chi connectivity index (χ3n) is 5.71. The van der Waals surface area contributed by atoms with E-state index < -0.39 is 11.0 Å². The molecule has 1 aliphatic carbocycles. The molecule has 1 aliphatic rings. The fourth-order valence-electron chi connectivity index (χ4n) is 5.08. The molecule has 3 rings (SSSR count). The summed E-state index contributed by atoms with van der Waals surface area (Å²) in [5.74, 6) is -0.0856. The standard InChI is InChI=1S/C23H27ClO2/c1-21(2,3)23(22(4,5)6,26-20(24)25)19-17-13-9-7-11-15(17)16-12-8-10-14-18(16)19/h7-14,19H,1-6H3. The van der Waals surface area contributed by atoms with Gasteiger partial charge in [0.05, 0.1) is 5.92 Å². The zero-order valence-corrected chi connectivity index (χ0v) is 17.1. The van der Waals surface area contributed by atoms with Crippen LogP contribution in [0.25, 0.3) is 11.1 Å². The van der Waals surface area contributed by atoms with Gasteiger partial charge in [0.1, 0.15) is 5.60 Å². The number of rotatable bonds is 2. The maximum Gasteiger partial charge on any atom is 0.404 e. The first-order valence-corrected chi connectivity index (χ1v) is 9.45. The van der Waals surface area contributed by atoms with Crippen molar-refractivity contribution in [2.75, 3.05) is 0 Å². The molecule has 0 radical (unpaired) electrons. The van der Waals surface area contributed by atoms with Gasteiger partial charge in [0.2, 0.25) is 0 Å². The first-order valence-electron chi connectivity index (χ1n) is 9.07. The Morgan fingerprint density at radius 3 is 1.54 bits per heavy atom. The first kappa shape index (κ1) is 19.0. The number of hydrogen-bond acceptors (Lipinski definition) is 2. The van der Waals surface area contributed by atoms with Gasteiger partial charge in [0.25, 0.3) is 0 Å². The van der Waals surface area contributed by atoms with E-state index in [-0.39, 0.29) is 16.7 Å². The van der Waals surface area contributed by atoms with Gasteiger partial charge in [-0.1, -0.05) is 90.1 Å². The third-order valence-corrected chi connectivity index (χ3v) is 5.79. The van der Waals surface area contributed by atoms with Gasteiger partial charge in [-0.05, 0) is 22.3 Å². The molecule has 0 bridgehead atoms. The smallest absolute Gasteiger partial charge is 0.404 e. The molecule has 0 fully saturated rings. The van der Waals surface area contributed by atoms with E-state index in [0.717, 1.165) is 0 Å². The molecule has 3 heteroatoms. The summed E-state index contributed by atoms with van der Waals surface area (Å²) in [4.78, 5) is 12.1. The van der Waals surface area contributed by atoms with E-state index in [4.69, 9.17) is 16.3 Å². The van der Waals surface area contributed by atoms with Gasteiger partial charge >= 0.3 is 5.43 Å². The molecule has 0 aliphatic heterocycles. The van der Waals surface area contributed by atoms with Gasteiger partial charge in [0.15, 0.2) is 0 Å². The Balaban J connectivity index is 2.40. The van der Waals surface area contributed by atoms with Crippen molar-refractivity contribution in [3.8, 4) is 11.1 Å². The van der Waals surface area contributed by atoms with Crippen molar-refractivity contribution in [2.24, 2.45) is 10.8 Å². The Bertz CT molecular complexity index is 780. The predicted molar refractivity (Wildman–Crippen MR) is 108 cm³/mol. The lowest BCUT2D eigenvalue weighted by Gasteiger charge is -2.55. The van der Waals surface area contributed by atoms with E-state index in [0.29, 0.717) is 0 Å². The topological polar surface area (TPSA) is 26.3 Å². The number of halogens is 1. The monoisotopic (exact) mass is 370 g/mol. The van der Waals surface area contributed by atoms with E-state index in [1.54, 1.807) is 0 Å². The normalized spacial score (nSPS) is 14.7. The zero-order chi connectivity index (χ0) is 19.3. The SMILES string of the molecule is CC(C)(C)C(OC(=O)Cl)(C1c2ccccc2-c2ccccc21)C(C)(C)C. The Kier molecular flexibility index (Phi) is 4.47. The minimum atomic E-state index is -0.818. The molecule has 2 aromatic carbocycles. The van der Waals surface area contributed by atoms with Crippen LogP contribution in [0.5, 0.6) is 0 Å². The quantitative estimate of drug-likeness (QED) is 0.531. The second-order valence-corrected chi connectivity index (χ2v) is 9.49. The van der Waals surface area contributed by atoms with Gasteiger partial charge in [-0.15, -0.1) is 0 Å². The Morgan fingerprint density at radius 2 is 1.19 bits per heavy atom. The molecular weight excluding hydrogens is 344 g/mol. The molecule has 0 N–H and O–H groups in total. The maximum atomic E-state index is 12.1. The van der Waals surface area contributed by atoms with Crippen LogP contribution in [-0.4, -0.2) is 11.0 Å². The first-order chi connectivity index (χ1) is 12.0. The van der Waals surface area contributed by atoms with Gasteiger partial charge in [0, 0.05) is 22.4 Å². The minimum Gasteiger partial charge on any atom is -0.445 e. The molecule has 2 nitrogen and oxygen atoms in total. The summed E-state index contributed by atoms with van der Waals surface area (Å²) in [6.07, 6.45) is 0. The molecule has 26 heavy (non-hydrogen) atoms. The van der Waals surface area contributed by atoms with Crippen molar-refractivity contribution < 1.29 is 9.53 Å². The maximum absolute atomic E-state index is 12.1. The van der Waals surface area contributed by atoms with Crippen LogP contribution in [-0.2, 0) is 4.74 Å². The van der Waals surface area contributed by atoms with Gasteiger partial charge in [-0.25, -0.2) is 4.79 Å². The van der Waals surface area contributed by atoms with Crippen LogP contribution >= 0.6 is 11.6 Å². The van der Waals surface area contributed by atoms with Crippen molar-refractivity contribution in [1.29, 1.82) is 0 Å². The molecule has 0 unspecified atom stereocenters. The predicted octanol–water partition coefficient (Wildman–Crippen LogP) is 7.01. The molecule has 0 heterocycles. The van der Waals surface area contributed by atoms with Crippen LogP contribution in [0, 0.1) is 10.8 Å². The molecule has 0 saturated heterocycles. The number of ether oxygens (including phenoxy) is 1. The second kappa shape index (κ2) is 6.13. The van der Waals surface area contributed by atoms with Crippen molar-refractivity contribution in [3.05, 3.63) is 59.7 Å². The lowest BCUT2D eigenvalue weighted by atomic mass is 9.55. The summed E-state index contributed by atoms with van der Waals surface area (Å²) in [7, 11) is 0. The van der Waals surface area contributed by atoms with Crippen LogP contribution in [0.3, 0.4) is 0 Å². The Hall–Kier alpha value is -1.80. The number of hydrogen-bond donors (Lipinski definition) is 0. The van der Waals surface area contributed by atoms with Crippen LogP contribution in [0.15, 0.2) is 48.5 Å². The second-order valence-electron chi connectivity index (χ2n) is 9.18. The van der Waals surface area contributed by atoms with E-state index >= 15 is 0 Å². The van der Waals surface area contributed by atoms with E-state index in [9.17, 15) is 4.79 Å². The lowest BCUT2D eigenvalue weighted by Crippen LogP contribution is -2.59. The third kappa shape index (κ3) is 2.66. The number of fused-ring (bicyclic) bond motifs is 3. The average Bonchev–Trinajstić information content (AvgIpc) is 2.85. The van der Waals surface area contributed by atoms with Crippen molar-refractivity contribution in [3.63, 3.8) is 0 Å². The molecule has 138 valence electrons. The molecule has 2 aromatic rings. The van der Waals surface area contributed by atoms with Crippen LogP contribution < -0.4 is 0 Å². The van der Waals surface area contributed by atoms with Gasteiger partial charge < -0.3 is 4.74 Å². The highest BCUT2D eigenvalue weighted by Gasteiger charge is 2.61. The van der Waals surface area contributed by atoms with Crippen LogP contribution in [0.1, 0.15) is 58.6 Å². The summed E-state index contributed by atoms with van der Waals surface area (Å²) in [6, 6.07) is 16.8. The fourth-order valence-corrected chi connectivity index (χ4v) is 5.20. The molecular formula is C23H27ClO2. The molecule has 0 atom stereocenters. The molecule has 0 saturated carbocycles. The van der Waals surface area contributed by atoms with E-state index in [1.165, 1.54) is 22.3 Å². The van der Waals surface area contributed by atoms with Gasteiger partial charge in [-0.3, -0.25) is 0 Å². The van der Waals surface area contributed by atoms with Crippen molar-refractivity contribution >= 4 is 17.0 Å². The average molecular weight is 371 g/mol. The van der Waals surface area contributed by atoms with Crippen molar-refractivity contribution in [2.45, 2.75) is 53.1 Å². The molecule has 0 spiro atoms. The zero-order valence-electron chi connectivity index (χ0n) is 16.4. The minimum absolute atomic E-state index is 0.0856. The number of carbonyl (C=O) groups excluding carboxylic acids is 1. The fraction of sp³-hybridized carbons (Fsp3) is 0.435. The molecule has 0 aromatic heterocycles.